The molecule has 1 saturated carbocycles. The predicted octanol–water partition coefficient (Wildman–Crippen LogP) is 4.04. The minimum atomic E-state index is -0.0590. The van der Waals surface area contributed by atoms with Crippen LogP contribution in [0.3, 0.4) is 0 Å². The van der Waals surface area contributed by atoms with E-state index in [2.05, 4.69) is 10.3 Å². The summed E-state index contributed by atoms with van der Waals surface area (Å²) in [6, 6.07) is 7.52. The molecule has 2 aromatic rings. The number of aromatic nitrogens is 1. The molecular formula is C15H16ClN3OS. The molecule has 0 aliphatic heterocycles. The molecule has 1 heterocycles. The van der Waals surface area contributed by atoms with Gasteiger partial charge in [-0.25, -0.2) is 9.78 Å². The van der Waals surface area contributed by atoms with Crippen LogP contribution < -0.4 is 5.32 Å². The van der Waals surface area contributed by atoms with Crippen molar-refractivity contribution in [2.45, 2.75) is 25.3 Å². The Hall–Kier alpha value is -1.59. The van der Waals surface area contributed by atoms with Gasteiger partial charge in [0.1, 0.15) is 0 Å². The van der Waals surface area contributed by atoms with Gasteiger partial charge in [0.15, 0.2) is 0 Å². The maximum absolute atomic E-state index is 12.4. The lowest BCUT2D eigenvalue weighted by molar-refractivity contribution is 0.209. The number of hydrogen-bond acceptors (Lipinski definition) is 3. The number of carbonyl (C=O) groups excluding carboxylic acids is 1. The number of nitrogens with zero attached hydrogens (tertiary/aromatic N) is 2. The molecule has 4 nitrogen and oxygen atoms in total. The number of benzene rings is 1. The van der Waals surface area contributed by atoms with Gasteiger partial charge < -0.3 is 10.2 Å². The van der Waals surface area contributed by atoms with Crippen molar-refractivity contribution < 1.29 is 4.79 Å². The van der Waals surface area contributed by atoms with E-state index in [1.54, 1.807) is 29.7 Å². The lowest BCUT2D eigenvalue weighted by Crippen LogP contribution is -2.38. The van der Waals surface area contributed by atoms with Crippen molar-refractivity contribution >= 4 is 34.7 Å². The van der Waals surface area contributed by atoms with Gasteiger partial charge >= 0.3 is 6.03 Å². The van der Waals surface area contributed by atoms with Crippen molar-refractivity contribution in [2.24, 2.45) is 0 Å². The first kappa shape index (κ1) is 14.4. The molecule has 0 atom stereocenters. The molecule has 1 aromatic carbocycles. The standard InChI is InChI=1S/C15H16ClN3OS/c16-11-2-1-3-12(10-11)18-15(20)19(13-4-5-13)8-6-14-17-7-9-21-14/h1-3,7,9-10,13H,4-6,8H2,(H,18,20). The molecule has 0 saturated heterocycles. The molecule has 1 fully saturated rings. The second-order valence-electron chi connectivity index (χ2n) is 5.04. The summed E-state index contributed by atoms with van der Waals surface area (Å²) < 4.78 is 0. The van der Waals surface area contributed by atoms with Gasteiger partial charge in [0.25, 0.3) is 0 Å². The number of anilines is 1. The highest BCUT2D eigenvalue weighted by atomic mass is 35.5. The summed E-state index contributed by atoms with van der Waals surface area (Å²) in [5.41, 5.74) is 0.729. The van der Waals surface area contributed by atoms with Crippen molar-refractivity contribution in [3.63, 3.8) is 0 Å². The number of hydrogen-bond donors (Lipinski definition) is 1. The predicted molar refractivity (Wildman–Crippen MR) is 86.0 cm³/mol. The van der Waals surface area contributed by atoms with Gasteiger partial charge in [0, 0.05) is 41.3 Å². The normalized spacial score (nSPS) is 14.0. The molecule has 0 bridgehead atoms. The molecular weight excluding hydrogens is 306 g/mol. The number of halogens is 1. The van der Waals surface area contributed by atoms with Crippen LogP contribution in [0, 0.1) is 0 Å². The molecule has 1 aliphatic rings. The van der Waals surface area contributed by atoms with E-state index in [0.717, 1.165) is 30.0 Å². The largest absolute Gasteiger partial charge is 0.322 e. The Morgan fingerprint density at radius 2 is 2.33 bits per heavy atom. The fraction of sp³-hybridized carbons (Fsp3) is 0.333. The van der Waals surface area contributed by atoms with E-state index in [4.69, 9.17) is 11.6 Å². The van der Waals surface area contributed by atoms with E-state index < -0.39 is 0 Å². The van der Waals surface area contributed by atoms with Crippen LogP contribution in [-0.4, -0.2) is 28.5 Å². The van der Waals surface area contributed by atoms with Gasteiger partial charge in [-0.2, -0.15) is 0 Å². The highest BCUT2D eigenvalue weighted by Gasteiger charge is 2.32. The van der Waals surface area contributed by atoms with Crippen molar-refractivity contribution in [1.29, 1.82) is 0 Å². The molecule has 3 rings (SSSR count). The summed E-state index contributed by atoms with van der Waals surface area (Å²) in [4.78, 5) is 18.6. The van der Waals surface area contributed by atoms with Crippen LogP contribution in [0.1, 0.15) is 17.8 Å². The first-order valence-electron chi connectivity index (χ1n) is 6.94. The van der Waals surface area contributed by atoms with Gasteiger partial charge in [-0.05, 0) is 31.0 Å². The van der Waals surface area contributed by atoms with E-state index in [0.29, 0.717) is 17.6 Å². The summed E-state index contributed by atoms with van der Waals surface area (Å²) in [5.74, 6) is 0. The van der Waals surface area contributed by atoms with Crippen molar-refractivity contribution in [2.75, 3.05) is 11.9 Å². The van der Waals surface area contributed by atoms with E-state index in [9.17, 15) is 4.79 Å². The number of thiazole rings is 1. The number of rotatable bonds is 5. The Balaban J connectivity index is 1.62. The van der Waals surface area contributed by atoms with Crippen LogP contribution in [0.15, 0.2) is 35.8 Å². The fourth-order valence-electron chi connectivity index (χ4n) is 2.19. The zero-order valence-corrected chi connectivity index (χ0v) is 13.0. The first-order chi connectivity index (χ1) is 10.2. The Bertz CT molecular complexity index is 613. The SMILES string of the molecule is O=C(Nc1cccc(Cl)c1)N(CCc1nccs1)C1CC1. The van der Waals surface area contributed by atoms with E-state index in [-0.39, 0.29) is 6.03 Å². The van der Waals surface area contributed by atoms with Gasteiger partial charge in [0.05, 0.1) is 5.01 Å². The van der Waals surface area contributed by atoms with Gasteiger partial charge in [0.2, 0.25) is 0 Å². The molecule has 1 N–H and O–H groups in total. The number of carbonyl (C=O) groups is 1. The quantitative estimate of drug-likeness (QED) is 0.903. The summed E-state index contributed by atoms with van der Waals surface area (Å²) >= 11 is 7.57. The van der Waals surface area contributed by atoms with Gasteiger partial charge in [-0.3, -0.25) is 0 Å². The van der Waals surface area contributed by atoms with Crippen LogP contribution in [0.5, 0.6) is 0 Å². The lowest BCUT2D eigenvalue weighted by atomic mass is 10.3. The molecule has 1 aliphatic carbocycles. The Morgan fingerprint density at radius 1 is 1.48 bits per heavy atom. The average Bonchev–Trinajstić information content (AvgIpc) is 3.14. The molecule has 1 aromatic heterocycles. The second kappa shape index (κ2) is 6.45. The molecule has 21 heavy (non-hydrogen) atoms. The highest BCUT2D eigenvalue weighted by molar-refractivity contribution is 7.09. The maximum Gasteiger partial charge on any atom is 0.322 e. The van der Waals surface area contributed by atoms with Crippen molar-refractivity contribution in [3.05, 3.63) is 45.9 Å². The molecule has 0 unspecified atom stereocenters. The number of amides is 2. The Morgan fingerprint density at radius 3 is 3.00 bits per heavy atom. The zero-order chi connectivity index (χ0) is 14.7. The summed E-state index contributed by atoms with van der Waals surface area (Å²) in [5, 5.41) is 6.57. The third-order valence-corrected chi connectivity index (χ3v) is 4.45. The zero-order valence-electron chi connectivity index (χ0n) is 11.5. The molecule has 0 radical (unpaired) electrons. The van der Waals surface area contributed by atoms with E-state index in [1.807, 2.05) is 22.4 Å². The topological polar surface area (TPSA) is 45.2 Å². The molecule has 0 spiro atoms. The minimum Gasteiger partial charge on any atom is -0.321 e. The van der Waals surface area contributed by atoms with Crippen LogP contribution in [0.25, 0.3) is 0 Å². The second-order valence-corrected chi connectivity index (χ2v) is 6.46. The minimum absolute atomic E-state index is 0.0590. The molecule has 6 heteroatoms. The lowest BCUT2D eigenvalue weighted by Gasteiger charge is -2.22. The Labute approximate surface area is 132 Å². The highest BCUT2D eigenvalue weighted by Crippen LogP contribution is 2.28. The summed E-state index contributed by atoms with van der Waals surface area (Å²) in [6.45, 7) is 0.699. The third-order valence-electron chi connectivity index (χ3n) is 3.37. The first-order valence-corrected chi connectivity index (χ1v) is 8.20. The average molecular weight is 322 g/mol. The van der Waals surface area contributed by atoms with E-state index >= 15 is 0 Å². The van der Waals surface area contributed by atoms with Gasteiger partial charge in [-0.1, -0.05) is 17.7 Å². The molecule has 2 amide bonds. The van der Waals surface area contributed by atoms with Gasteiger partial charge in [-0.15, -0.1) is 11.3 Å². The van der Waals surface area contributed by atoms with Crippen molar-refractivity contribution in [3.8, 4) is 0 Å². The number of nitrogens with one attached hydrogen (secondary N) is 1. The monoisotopic (exact) mass is 321 g/mol. The van der Waals surface area contributed by atoms with E-state index in [1.165, 1.54) is 0 Å². The van der Waals surface area contributed by atoms with Crippen LogP contribution in [0.4, 0.5) is 10.5 Å². The smallest absolute Gasteiger partial charge is 0.321 e. The van der Waals surface area contributed by atoms with Crippen LogP contribution >= 0.6 is 22.9 Å². The maximum atomic E-state index is 12.4. The van der Waals surface area contributed by atoms with Crippen LogP contribution in [0.2, 0.25) is 5.02 Å². The molecule has 110 valence electrons. The fourth-order valence-corrected chi connectivity index (χ4v) is 2.99. The Kier molecular flexibility index (Phi) is 4.41. The van der Waals surface area contributed by atoms with Crippen LogP contribution in [-0.2, 0) is 6.42 Å². The van der Waals surface area contributed by atoms with Crippen molar-refractivity contribution in [1.82, 2.24) is 9.88 Å². The third kappa shape index (κ3) is 3.95. The summed E-state index contributed by atoms with van der Waals surface area (Å²) in [6.07, 6.45) is 4.77. The number of urea groups is 1. The summed E-state index contributed by atoms with van der Waals surface area (Å²) in [7, 11) is 0.